The minimum Gasteiger partial charge on any atom is -0.466 e. The van der Waals surface area contributed by atoms with Crippen molar-refractivity contribution < 1.29 is 17.9 Å². The highest BCUT2D eigenvalue weighted by Gasteiger charge is 2.25. The summed E-state index contributed by atoms with van der Waals surface area (Å²) < 4.78 is 32.7. The molecule has 5 nitrogen and oxygen atoms in total. The van der Waals surface area contributed by atoms with Crippen LogP contribution in [0, 0.1) is 6.92 Å². The first kappa shape index (κ1) is 20.6. The van der Waals surface area contributed by atoms with Gasteiger partial charge >= 0.3 is 5.97 Å². The van der Waals surface area contributed by atoms with Crippen LogP contribution in [0.5, 0.6) is 0 Å². The third kappa shape index (κ3) is 4.63. The van der Waals surface area contributed by atoms with Gasteiger partial charge in [-0.3, -0.25) is 0 Å². The number of halogens is 1. The van der Waals surface area contributed by atoms with Crippen molar-refractivity contribution in [2.24, 2.45) is 0 Å². The summed E-state index contributed by atoms with van der Waals surface area (Å²) in [6.45, 7) is 1.99. The largest absolute Gasteiger partial charge is 0.466 e. The van der Waals surface area contributed by atoms with Gasteiger partial charge in [-0.2, -0.15) is 0 Å². The molecule has 2 aromatic carbocycles. The number of esters is 1. The molecule has 0 aliphatic heterocycles. The van der Waals surface area contributed by atoms with E-state index in [2.05, 4.69) is 9.46 Å². The molecule has 28 heavy (non-hydrogen) atoms. The predicted molar refractivity (Wildman–Crippen MR) is 110 cm³/mol. The summed E-state index contributed by atoms with van der Waals surface area (Å²) in [6.07, 6.45) is 5.20. The van der Waals surface area contributed by atoms with Crippen molar-refractivity contribution in [3.63, 3.8) is 0 Å². The van der Waals surface area contributed by atoms with E-state index in [-0.39, 0.29) is 10.9 Å². The lowest BCUT2D eigenvalue weighted by Gasteiger charge is -2.27. The third-order valence-corrected chi connectivity index (χ3v) is 6.70. The number of carbonyl (C=O) groups excluding carboxylic acids is 1. The molecule has 0 bridgehead atoms. The summed E-state index contributed by atoms with van der Waals surface area (Å²) in [4.78, 5) is 11.6. The Bertz CT molecular complexity index is 1010. The number of aryl methyl sites for hydroxylation is 1. The first-order chi connectivity index (χ1) is 13.3. The van der Waals surface area contributed by atoms with Gasteiger partial charge in [0.05, 0.1) is 12.0 Å². The molecule has 0 heterocycles. The predicted octanol–water partition coefficient (Wildman–Crippen LogP) is 3.67. The lowest BCUT2D eigenvalue weighted by Crippen LogP contribution is -2.39. The zero-order chi connectivity index (χ0) is 20.3. The van der Waals surface area contributed by atoms with Gasteiger partial charge < -0.3 is 4.74 Å². The fourth-order valence-corrected chi connectivity index (χ4v) is 4.85. The number of hydrogen-bond donors (Lipinski definition) is 1. The molecular formula is C21H22ClNO4S. The Labute approximate surface area is 170 Å². The topological polar surface area (TPSA) is 72.5 Å². The van der Waals surface area contributed by atoms with E-state index >= 15 is 0 Å². The van der Waals surface area contributed by atoms with Gasteiger partial charge in [-0.15, -0.1) is 0 Å². The fourth-order valence-electron chi connectivity index (χ4n) is 3.45. The maximum absolute atomic E-state index is 12.6. The van der Waals surface area contributed by atoms with E-state index in [0.29, 0.717) is 17.9 Å². The molecule has 0 radical (unpaired) electrons. The summed E-state index contributed by atoms with van der Waals surface area (Å²) in [6, 6.07) is 9.97. The van der Waals surface area contributed by atoms with Gasteiger partial charge in [0.25, 0.3) is 0 Å². The van der Waals surface area contributed by atoms with Crippen LogP contribution in [-0.4, -0.2) is 27.5 Å². The summed E-state index contributed by atoms with van der Waals surface area (Å²) in [5, 5.41) is 0.494. The molecular weight excluding hydrogens is 398 g/mol. The van der Waals surface area contributed by atoms with Crippen LogP contribution in [0.3, 0.4) is 0 Å². The highest BCUT2D eigenvalue weighted by atomic mass is 35.5. The normalized spacial score (nSPS) is 16.8. The number of methoxy groups -OCH3 is 1. The van der Waals surface area contributed by atoms with E-state index < -0.39 is 16.0 Å². The smallest absolute Gasteiger partial charge is 0.330 e. The van der Waals surface area contributed by atoms with Gasteiger partial charge in [0.15, 0.2) is 0 Å². The van der Waals surface area contributed by atoms with Crippen LogP contribution in [-0.2, 0) is 32.4 Å². The van der Waals surface area contributed by atoms with Crippen LogP contribution < -0.4 is 4.72 Å². The molecule has 1 aliphatic carbocycles. The second kappa shape index (κ2) is 8.47. The SMILES string of the molecule is COC(=O)/C=C/c1c(C)ccc2c1CCC(NS(=O)(=O)c1ccc(Cl)cc1)C2. The average molecular weight is 420 g/mol. The van der Waals surface area contributed by atoms with Crippen LogP contribution in [0.15, 0.2) is 47.4 Å². The second-order valence-electron chi connectivity index (χ2n) is 6.81. The number of nitrogens with one attached hydrogen (secondary N) is 1. The number of carbonyl (C=O) groups is 1. The van der Waals surface area contributed by atoms with Crippen LogP contribution in [0.1, 0.15) is 28.7 Å². The van der Waals surface area contributed by atoms with E-state index in [0.717, 1.165) is 28.7 Å². The minimum absolute atomic E-state index is 0.187. The molecule has 2 aromatic rings. The van der Waals surface area contributed by atoms with Crippen LogP contribution >= 0.6 is 11.6 Å². The Balaban J connectivity index is 1.80. The molecule has 0 spiro atoms. The van der Waals surface area contributed by atoms with Crippen LogP contribution in [0.25, 0.3) is 6.08 Å². The minimum atomic E-state index is -3.61. The fraction of sp³-hybridized carbons (Fsp3) is 0.286. The maximum atomic E-state index is 12.6. The summed E-state index contributed by atoms with van der Waals surface area (Å²) in [5.41, 5.74) is 4.31. The van der Waals surface area contributed by atoms with E-state index in [1.54, 1.807) is 18.2 Å². The van der Waals surface area contributed by atoms with E-state index in [9.17, 15) is 13.2 Å². The molecule has 0 saturated heterocycles. The Morgan fingerprint density at radius 3 is 2.61 bits per heavy atom. The molecule has 3 rings (SSSR count). The second-order valence-corrected chi connectivity index (χ2v) is 8.96. The van der Waals surface area contributed by atoms with Crippen LogP contribution in [0.4, 0.5) is 0 Å². The van der Waals surface area contributed by atoms with Gasteiger partial charge in [-0.25, -0.2) is 17.9 Å². The molecule has 1 N–H and O–H groups in total. The Morgan fingerprint density at radius 2 is 1.93 bits per heavy atom. The highest BCUT2D eigenvalue weighted by Crippen LogP contribution is 2.29. The molecule has 0 aromatic heterocycles. The van der Waals surface area contributed by atoms with Gasteiger partial charge in [-0.1, -0.05) is 23.7 Å². The molecule has 1 unspecified atom stereocenters. The van der Waals surface area contributed by atoms with Crippen molar-refractivity contribution in [1.82, 2.24) is 4.72 Å². The van der Waals surface area contributed by atoms with E-state index in [1.165, 1.54) is 25.3 Å². The molecule has 0 fully saturated rings. The first-order valence-corrected chi connectivity index (χ1v) is 10.8. The molecule has 0 saturated carbocycles. The van der Waals surface area contributed by atoms with Crippen molar-refractivity contribution in [1.29, 1.82) is 0 Å². The van der Waals surface area contributed by atoms with Gasteiger partial charge in [0.2, 0.25) is 10.0 Å². The summed E-state index contributed by atoms with van der Waals surface area (Å²) >= 11 is 5.84. The zero-order valence-corrected chi connectivity index (χ0v) is 17.3. The molecule has 1 atom stereocenters. The Morgan fingerprint density at radius 1 is 1.21 bits per heavy atom. The Hall–Kier alpha value is -2.15. The molecule has 0 amide bonds. The third-order valence-electron chi connectivity index (χ3n) is 4.91. The average Bonchev–Trinajstić information content (AvgIpc) is 2.67. The summed E-state index contributed by atoms with van der Waals surface area (Å²) in [7, 11) is -2.26. The number of hydrogen-bond acceptors (Lipinski definition) is 4. The number of ether oxygens (including phenoxy) is 1. The Kier molecular flexibility index (Phi) is 6.23. The maximum Gasteiger partial charge on any atom is 0.330 e. The standard InChI is InChI=1S/C21H22ClNO4S/c1-14-3-4-15-13-17(7-10-20(15)19(14)11-12-21(24)27-2)23-28(25,26)18-8-5-16(22)6-9-18/h3-6,8-9,11-12,17,23H,7,10,13H2,1-2H3/b12-11+. The number of fused-ring (bicyclic) bond motifs is 1. The van der Waals surface area contributed by atoms with Gasteiger partial charge in [-0.05, 0) is 78.8 Å². The van der Waals surface area contributed by atoms with Crippen LogP contribution in [0.2, 0.25) is 5.02 Å². The van der Waals surface area contributed by atoms with Crippen molar-refractivity contribution in [3.05, 3.63) is 69.8 Å². The quantitative estimate of drug-likeness (QED) is 0.592. The number of benzene rings is 2. The lowest BCUT2D eigenvalue weighted by molar-refractivity contribution is -0.134. The van der Waals surface area contributed by atoms with E-state index in [4.69, 9.17) is 11.6 Å². The first-order valence-electron chi connectivity index (χ1n) is 8.95. The van der Waals surface area contributed by atoms with E-state index in [1.807, 2.05) is 19.1 Å². The monoisotopic (exact) mass is 419 g/mol. The summed E-state index contributed by atoms with van der Waals surface area (Å²) in [5.74, 6) is -0.401. The van der Waals surface area contributed by atoms with Gasteiger partial charge in [0, 0.05) is 17.1 Å². The van der Waals surface area contributed by atoms with Crippen molar-refractivity contribution >= 4 is 33.7 Å². The molecule has 1 aliphatic rings. The molecule has 7 heteroatoms. The lowest BCUT2D eigenvalue weighted by atomic mass is 9.84. The van der Waals surface area contributed by atoms with Crippen molar-refractivity contribution in [2.45, 2.75) is 37.1 Å². The van der Waals surface area contributed by atoms with Gasteiger partial charge in [0.1, 0.15) is 0 Å². The van der Waals surface area contributed by atoms with Crippen molar-refractivity contribution in [2.75, 3.05) is 7.11 Å². The zero-order valence-electron chi connectivity index (χ0n) is 15.7. The highest BCUT2D eigenvalue weighted by molar-refractivity contribution is 7.89. The molecule has 148 valence electrons. The number of sulfonamides is 1. The number of rotatable bonds is 5. The van der Waals surface area contributed by atoms with Crippen molar-refractivity contribution in [3.8, 4) is 0 Å².